The quantitative estimate of drug-likeness (QED) is 0.708. The van der Waals surface area contributed by atoms with Gasteiger partial charge in [0.05, 0.1) is 11.6 Å². The Kier molecular flexibility index (Phi) is 4.51. The van der Waals surface area contributed by atoms with Crippen LogP contribution in [-0.4, -0.2) is 32.1 Å². The van der Waals surface area contributed by atoms with Gasteiger partial charge in [-0.05, 0) is 12.0 Å². The normalized spacial score (nSPS) is 13.7. The van der Waals surface area contributed by atoms with Gasteiger partial charge in [-0.15, -0.1) is 0 Å². The van der Waals surface area contributed by atoms with Gasteiger partial charge >= 0.3 is 0 Å². The molecule has 0 radical (unpaired) electrons. The molecule has 0 N–H and O–H groups in total. The molecule has 0 unspecified atom stereocenters. The minimum atomic E-state index is -0.171. The van der Waals surface area contributed by atoms with Crippen LogP contribution in [-0.2, 0) is 32.9 Å². The van der Waals surface area contributed by atoms with Crippen LogP contribution in [0, 0.1) is 0 Å². The van der Waals surface area contributed by atoms with E-state index >= 15 is 0 Å². The minimum absolute atomic E-state index is 0.171. The average Bonchev–Trinajstić information content (AvgIpc) is 3.21. The molecule has 2 aromatic heterocycles. The Balaban J connectivity index is 1.45. The molecule has 0 bridgehead atoms. The summed E-state index contributed by atoms with van der Waals surface area (Å²) in [5.74, 6) is 1.43. The van der Waals surface area contributed by atoms with Crippen LogP contribution in [0.2, 0.25) is 5.02 Å². The lowest BCUT2D eigenvalue weighted by atomic mass is 10.1. The first-order chi connectivity index (χ1) is 12.6. The second-order valence-electron chi connectivity index (χ2n) is 6.44. The summed E-state index contributed by atoms with van der Waals surface area (Å²) >= 11 is 6.10. The van der Waals surface area contributed by atoms with E-state index in [1.807, 2.05) is 18.2 Å². The second kappa shape index (κ2) is 6.96. The van der Waals surface area contributed by atoms with Crippen molar-refractivity contribution in [3.05, 3.63) is 70.2 Å². The molecule has 6 nitrogen and oxygen atoms in total. The number of oxazole rings is 1. The zero-order chi connectivity index (χ0) is 18.1. The Morgan fingerprint density at radius 3 is 2.81 bits per heavy atom. The van der Waals surface area contributed by atoms with Crippen LogP contribution in [0.4, 0.5) is 0 Å². The lowest BCUT2D eigenvalue weighted by Crippen LogP contribution is -2.36. The van der Waals surface area contributed by atoms with Crippen molar-refractivity contribution >= 4 is 17.5 Å². The van der Waals surface area contributed by atoms with E-state index in [-0.39, 0.29) is 11.6 Å². The summed E-state index contributed by atoms with van der Waals surface area (Å²) in [4.78, 5) is 19.0. The number of carbonyl (C=O) groups excluding carboxylic acids is 1. The molecule has 26 heavy (non-hydrogen) atoms. The fourth-order valence-electron chi connectivity index (χ4n) is 3.18. The summed E-state index contributed by atoms with van der Waals surface area (Å²) in [7, 11) is 1.74. The van der Waals surface area contributed by atoms with E-state index in [1.54, 1.807) is 22.8 Å². The highest BCUT2D eigenvalue weighted by atomic mass is 35.5. The van der Waals surface area contributed by atoms with Gasteiger partial charge in [0.15, 0.2) is 11.6 Å². The zero-order valence-corrected chi connectivity index (χ0v) is 15.2. The average molecular weight is 371 g/mol. The molecule has 0 saturated carbocycles. The predicted octanol–water partition coefficient (Wildman–Crippen LogP) is 3.05. The maximum atomic E-state index is 12.7. The lowest BCUT2D eigenvalue weighted by molar-refractivity contribution is 0.0721. The SMILES string of the molecule is Cn1cc(Cl)c(C(=O)N2CCc3oc(CCc4ccccc4)nc3C2)n1. The Hall–Kier alpha value is -2.60. The van der Waals surface area contributed by atoms with Gasteiger partial charge in [0.2, 0.25) is 0 Å². The van der Waals surface area contributed by atoms with E-state index in [2.05, 4.69) is 22.2 Å². The van der Waals surface area contributed by atoms with Crippen molar-refractivity contribution < 1.29 is 9.21 Å². The third-order valence-corrected chi connectivity index (χ3v) is 4.79. The van der Waals surface area contributed by atoms with Gasteiger partial charge in [-0.2, -0.15) is 5.10 Å². The molecule has 134 valence electrons. The standard InChI is InChI=1S/C19H19ClN4O2/c1-23-11-14(20)18(22-23)19(25)24-10-9-16-15(12-24)21-17(26-16)8-7-13-5-3-2-4-6-13/h2-6,11H,7-10,12H2,1H3. The van der Waals surface area contributed by atoms with Gasteiger partial charge in [-0.3, -0.25) is 9.48 Å². The smallest absolute Gasteiger partial charge is 0.276 e. The third-order valence-electron chi connectivity index (χ3n) is 4.52. The summed E-state index contributed by atoms with van der Waals surface area (Å²) in [6.45, 7) is 1.00. The first-order valence-corrected chi connectivity index (χ1v) is 8.98. The van der Waals surface area contributed by atoms with Crippen molar-refractivity contribution in [2.45, 2.75) is 25.8 Å². The molecular weight excluding hydrogens is 352 g/mol. The first-order valence-electron chi connectivity index (χ1n) is 8.60. The molecule has 7 heteroatoms. The number of aryl methyl sites for hydroxylation is 3. The molecule has 0 spiro atoms. The highest BCUT2D eigenvalue weighted by Gasteiger charge is 2.28. The van der Waals surface area contributed by atoms with Crippen molar-refractivity contribution in [1.29, 1.82) is 0 Å². The number of nitrogens with zero attached hydrogens (tertiary/aromatic N) is 4. The molecule has 4 rings (SSSR count). The number of amides is 1. The molecule has 0 fully saturated rings. The molecule has 0 aliphatic carbocycles. The van der Waals surface area contributed by atoms with E-state index in [0.29, 0.717) is 24.5 Å². The maximum absolute atomic E-state index is 12.7. The van der Waals surface area contributed by atoms with E-state index in [0.717, 1.165) is 30.2 Å². The number of benzene rings is 1. The van der Waals surface area contributed by atoms with Gasteiger partial charge in [0.25, 0.3) is 5.91 Å². The van der Waals surface area contributed by atoms with Crippen molar-refractivity contribution in [3.8, 4) is 0 Å². The van der Waals surface area contributed by atoms with Crippen LogP contribution in [0.3, 0.4) is 0 Å². The molecule has 0 atom stereocenters. The first kappa shape index (κ1) is 16.8. The van der Waals surface area contributed by atoms with Gasteiger partial charge in [-0.25, -0.2) is 4.98 Å². The fourth-order valence-corrected chi connectivity index (χ4v) is 3.44. The summed E-state index contributed by atoms with van der Waals surface area (Å²) in [5.41, 5.74) is 2.37. The van der Waals surface area contributed by atoms with Crippen LogP contribution in [0.1, 0.15) is 33.4 Å². The number of aromatic nitrogens is 3. The van der Waals surface area contributed by atoms with Crippen LogP contribution >= 0.6 is 11.6 Å². The Bertz CT molecular complexity index is 932. The van der Waals surface area contributed by atoms with Gasteiger partial charge in [0.1, 0.15) is 11.5 Å². The van der Waals surface area contributed by atoms with Gasteiger partial charge < -0.3 is 9.32 Å². The van der Waals surface area contributed by atoms with Crippen molar-refractivity contribution in [3.63, 3.8) is 0 Å². The van der Waals surface area contributed by atoms with Crippen molar-refractivity contribution in [1.82, 2.24) is 19.7 Å². The van der Waals surface area contributed by atoms with Gasteiger partial charge in [-0.1, -0.05) is 41.9 Å². The van der Waals surface area contributed by atoms with E-state index in [9.17, 15) is 4.79 Å². The fraction of sp³-hybridized carbons (Fsp3) is 0.316. The Labute approximate surface area is 156 Å². The van der Waals surface area contributed by atoms with Crippen LogP contribution in [0.5, 0.6) is 0 Å². The molecule has 0 saturated heterocycles. The molecule has 3 aromatic rings. The highest BCUT2D eigenvalue weighted by molar-refractivity contribution is 6.33. The Morgan fingerprint density at radius 1 is 1.27 bits per heavy atom. The van der Waals surface area contributed by atoms with Crippen LogP contribution in [0.25, 0.3) is 0 Å². The molecule has 1 amide bonds. The maximum Gasteiger partial charge on any atom is 0.276 e. The van der Waals surface area contributed by atoms with E-state index in [4.69, 9.17) is 16.0 Å². The number of hydrogen-bond acceptors (Lipinski definition) is 4. The van der Waals surface area contributed by atoms with E-state index in [1.165, 1.54) is 5.56 Å². The monoisotopic (exact) mass is 370 g/mol. The number of fused-ring (bicyclic) bond motifs is 1. The largest absolute Gasteiger partial charge is 0.445 e. The number of carbonyl (C=O) groups is 1. The summed E-state index contributed by atoms with van der Waals surface area (Å²) < 4.78 is 7.44. The zero-order valence-electron chi connectivity index (χ0n) is 14.5. The topological polar surface area (TPSA) is 64.2 Å². The molecule has 1 aliphatic rings. The molecule has 3 heterocycles. The summed E-state index contributed by atoms with van der Waals surface area (Å²) in [6.07, 6.45) is 3.91. The number of hydrogen-bond donors (Lipinski definition) is 0. The summed E-state index contributed by atoms with van der Waals surface area (Å²) in [5, 5.41) is 4.53. The third kappa shape index (κ3) is 3.37. The Morgan fingerprint density at radius 2 is 2.08 bits per heavy atom. The number of halogens is 1. The predicted molar refractivity (Wildman–Crippen MR) is 97.0 cm³/mol. The lowest BCUT2D eigenvalue weighted by Gasteiger charge is -2.24. The van der Waals surface area contributed by atoms with Gasteiger partial charge in [0, 0.05) is 32.6 Å². The van der Waals surface area contributed by atoms with Crippen LogP contribution in [0.15, 0.2) is 40.9 Å². The van der Waals surface area contributed by atoms with Crippen LogP contribution < -0.4 is 0 Å². The van der Waals surface area contributed by atoms with Crippen molar-refractivity contribution in [2.24, 2.45) is 7.05 Å². The molecule has 1 aliphatic heterocycles. The van der Waals surface area contributed by atoms with Crippen molar-refractivity contribution in [2.75, 3.05) is 6.54 Å². The van der Waals surface area contributed by atoms with E-state index < -0.39 is 0 Å². The number of rotatable bonds is 4. The molecular formula is C19H19ClN4O2. The minimum Gasteiger partial charge on any atom is -0.445 e. The highest BCUT2D eigenvalue weighted by Crippen LogP contribution is 2.23. The summed E-state index contributed by atoms with van der Waals surface area (Å²) in [6, 6.07) is 10.3. The second-order valence-corrected chi connectivity index (χ2v) is 6.85. The molecule has 1 aromatic carbocycles.